The van der Waals surface area contributed by atoms with E-state index in [9.17, 15) is 9.59 Å². The Hall–Kier alpha value is -3.72. The number of nitrogens with one attached hydrogen (secondary N) is 1. The molecule has 2 aliphatic rings. The average Bonchev–Trinajstić information content (AvgIpc) is 3.44. The van der Waals surface area contributed by atoms with Crippen molar-refractivity contribution in [3.8, 4) is 5.75 Å². The number of benzene rings is 2. The van der Waals surface area contributed by atoms with Crippen LogP contribution in [-0.4, -0.2) is 38.8 Å². The summed E-state index contributed by atoms with van der Waals surface area (Å²) in [6.45, 7) is 8.11. The molecule has 3 heterocycles. The summed E-state index contributed by atoms with van der Waals surface area (Å²) in [6.07, 6.45) is 4.14. The molecule has 9 heteroatoms. The topological polar surface area (TPSA) is 110 Å². The molecule has 39 heavy (non-hydrogen) atoms. The summed E-state index contributed by atoms with van der Waals surface area (Å²) in [5.41, 5.74) is 9.55. The van der Waals surface area contributed by atoms with Crippen LogP contribution in [0.5, 0.6) is 5.75 Å². The Morgan fingerprint density at radius 1 is 1.21 bits per heavy atom. The van der Waals surface area contributed by atoms with Gasteiger partial charge in [0.25, 0.3) is 5.91 Å². The van der Waals surface area contributed by atoms with E-state index < -0.39 is 17.2 Å². The predicted molar refractivity (Wildman–Crippen MR) is 153 cm³/mol. The van der Waals surface area contributed by atoms with E-state index in [1.54, 1.807) is 22.7 Å². The van der Waals surface area contributed by atoms with E-state index in [0.29, 0.717) is 12.0 Å². The molecule has 5 rings (SSSR count). The number of carbonyl (C=O) groups excluding carboxylic acids is 2. The van der Waals surface area contributed by atoms with E-state index in [-0.39, 0.29) is 30.2 Å². The second-order valence-corrected chi connectivity index (χ2v) is 11.8. The van der Waals surface area contributed by atoms with Crippen molar-refractivity contribution < 1.29 is 14.3 Å². The van der Waals surface area contributed by atoms with Gasteiger partial charge in [0.15, 0.2) is 5.96 Å². The zero-order chi connectivity index (χ0) is 27.8. The Balaban J connectivity index is 1.48. The molecule has 2 aliphatic heterocycles. The highest BCUT2D eigenvalue weighted by molar-refractivity contribution is 7.09. The molecule has 3 N–H and O–H groups in total. The maximum Gasteiger partial charge on any atom is 0.251 e. The smallest absolute Gasteiger partial charge is 0.251 e. The van der Waals surface area contributed by atoms with Crippen LogP contribution >= 0.6 is 11.3 Å². The molecule has 0 radical (unpaired) electrons. The number of rotatable bonds is 7. The maximum atomic E-state index is 13.6. The molecule has 204 valence electrons. The lowest BCUT2D eigenvalue weighted by molar-refractivity contribution is -0.131. The minimum Gasteiger partial charge on any atom is -0.487 e. The molecular formula is C30H35N5O3S. The number of hydrogen-bond donors (Lipinski definition) is 2. The summed E-state index contributed by atoms with van der Waals surface area (Å²) < 4.78 is 6.13. The summed E-state index contributed by atoms with van der Waals surface area (Å²) in [5, 5.41) is 3.21. The van der Waals surface area contributed by atoms with Crippen LogP contribution in [0, 0.1) is 0 Å². The first-order valence-corrected chi connectivity index (χ1v) is 14.3. The fourth-order valence-corrected chi connectivity index (χ4v) is 6.32. The van der Waals surface area contributed by atoms with Gasteiger partial charge < -0.3 is 15.8 Å². The van der Waals surface area contributed by atoms with Crippen LogP contribution in [0.25, 0.3) is 0 Å². The molecule has 0 unspecified atom stereocenters. The lowest BCUT2D eigenvalue weighted by atomic mass is 9.87. The van der Waals surface area contributed by atoms with E-state index in [0.717, 1.165) is 34.6 Å². The fraction of sp³-hybridized carbons (Fsp3) is 0.400. The number of carbonyl (C=O) groups is 2. The number of aromatic nitrogens is 1. The minimum atomic E-state index is -0.532. The Bertz CT molecular complexity index is 1400. The number of nitrogens with zero attached hydrogens (tertiary/aromatic N) is 3. The number of hydrogen-bond acceptors (Lipinski definition) is 7. The first kappa shape index (κ1) is 26.9. The number of amides is 2. The van der Waals surface area contributed by atoms with Crippen molar-refractivity contribution in [2.24, 2.45) is 10.7 Å². The van der Waals surface area contributed by atoms with Crippen molar-refractivity contribution in [3.05, 3.63) is 81.8 Å². The number of fused-ring (bicyclic) bond motifs is 1. The molecule has 3 aromatic rings. The van der Waals surface area contributed by atoms with Gasteiger partial charge in [-0.15, -0.1) is 11.3 Å². The van der Waals surface area contributed by atoms with E-state index in [1.165, 1.54) is 11.3 Å². The highest BCUT2D eigenvalue weighted by atomic mass is 32.1. The van der Waals surface area contributed by atoms with Crippen LogP contribution in [-0.2, 0) is 4.79 Å². The Kier molecular flexibility index (Phi) is 7.20. The molecule has 0 saturated carbocycles. The summed E-state index contributed by atoms with van der Waals surface area (Å²) in [5.74, 6) is 0.705. The largest absolute Gasteiger partial charge is 0.487 e. The zero-order valence-corrected chi connectivity index (χ0v) is 23.6. The van der Waals surface area contributed by atoms with Gasteiger partial charge in [0.05, 0.1) is 28.4 Å². The van der Waals surface area contributed by atoms with Gasteiger partial charge in [0.2, 0.25) is 5.91 Å². The zero-order valence-electron chi connectivity index (χ0n) is 22.8. The lowest BCUT2D eigenvalue weighted by Gasteiger charge is -2.40. The quantitative estimate of drug-likeness (QED) is 0.415. The van der Waals surface area contributed by atoms with Crippen molar-refractivity contribution >= 4 is 29.1 Å². The molecular weight excluding hydrogens is 510 g/mol. The van der Waals surface area contributed by atoms with Gasteiger partial charge in [0.1, 0.15) is 17.4 Å². The number of para-hydroxylation sites is 1. The Labute approximate surface area is 233 Å². The molecule has 0 aliphatic carbocycles. The molecule has 8 nitrogen and oxygen atoms in total. The number of aliphatic imine (C=N–C) groups is 1. The fourth-order valence-electron chi connectivity index (χ4n) is 5.59. The highest BCUT2D eigenvalue weighted by Gasteiger charge is 2.41. The van der Waals surface area contributed by atoms with E-state index in [4.69, 9.17) is 15.5 Å². The second kappa shape index (κ2) is 10.4. The van der Waals surface area contributed by atoms with Gasteiger partial charge in [-0.3, -0.25) is 19.5 Å². The standard InChI is InChI=1S/C30H35N5O3S/c1-5-30(6-2)16-25(36)35(28(31)34-30)26(24-17-32-18-39-24)19-10-9-11-20(14-19)27(37)33-22-15-29(3,4)38-23-13-8-7-12-21(22)23/h7-14,17-18,22,26H,5-6,15-16H2,1-4H3,(H2,31,34)(H,33,37)/t22-,26-/m0/s1. The molecule has 0 spiro atoms. The lowest BCUT2D eigenvalue weighted by Crippen LogP contribution is -2.52. The van der Waals surface area contributed by atoms with Gasteiger partial charge in [0, 0.05) is 23.7 Å². The van der Waals surface area contributed by atoms with Crippen LogP contribution in [0.15, 0.2) is 65.2 Å². The minimum absolute atomic E-state index is 0.0829. The molecule has 2 aromatic carbocycles. The van der Waals surface area contributed by atoms with Gasteiger partial charge in [-0.25, -0.2) is 4.99 Å². The average molecular weight is 546 g/mol. The van der Waals surface area contributed by atoms with Crippen molar-refractivity contribution in [1.82, 2.24) is 15.2 Å². The van der Waals surface area contributed by atoms with Crippen LogP contribution in [0.3, 0.4) is 0 Å². The molecule has 2 amide bonds. The summed E-state index contributed by atoms with van der Waals surface area (Å²) in [4.78, 5) is 38.6. The second-order valence-electron chi connectivity index (χ2n) is 10.9. The highest BCUT2D eigenvalue weighted by Crippen LogP contribution is 2.40. The van der Waals surface area contributed by atoms with Crippen LogP contribution in [0.1, 0.15) is 91.8 Å². The Morgan fingerprint density at radius 3 is 2.67 bits per heavy atom. The molecule has 0 fully saturated rings. The van der Waals surface area contributed by atoms with Crippen molar-refractivity contribution in [1.29, 1.82) is 0 Å². The van der Waals surface area contributed by atoms with Crippen molar-refractivity contribution in [2.45, 2.75) is 76.6 Å². The SMILES string of the molecule is CCC1(CC)CC(=O)N([C@@H](c2cccc(C(=O)N[C@H]3CC(C)(C)Oc4ccccc43)c2)c2cncs2)C(N)=N1. The van der Waals surface area contributed by atoms with Gasteiger partial charge in [-0.2, -0.15) is 0 Å². The summed E-state index contributed by atoms with van der Waals surface area (Å²) in [6, 6.07) is 14.5. The van der Waals surface area contributed by atoms with E-state index >= 15 is 0 Å². The molecule has 0 bridgehead atoms. The number of ether oxygens (including phenoxy) is 1. The third kappa shape index (κ3) is 5.28. The Morgan fingerprint density at radius 2 is 1.97 bits per heavy atom. The molecule has 1 aromatic heterocycles. The van der Waals surface area contributed by atoms with Gasteiger partial charge in [-0.1, -0.05) is 44.2 Å². The van der Waals surface area contributed by atoms with Gasteiger partial charge >= 0.3 is 0 Å². The van der Waals surface area contributed by atoms with E-state index in [1.807, 2.05) is 70.2 Å². The van der Waals surface area contributed by atoms with Crippen LogP contribution < -0.4 is 15.8 Å². The number of nitrogens with two attached hydrogens (primary N) is 1. The summed E-state index contributed by atoms with van der Waals surface area (Å²) in [7, 11) is 0. The monoisotopic (exact) mass is 545 g/mol. The van der Waals surface area contributed by atoms with Crippen LogP contribution in [0.2, 0.25) is 0 Å². The maximum absolute atomic E-state index is 13.6. The summed E-state index contributed by atoms with van der Waals surface area (Å²) >= 11 is 1.44. The molecule has 2 atom stereocenters. The first-order chi connectivity index (χ1) is 18.6. The molecule has 0 saturated heterocycles. The van der Waals surface area contributed by atoms with Crippen LogP contribution in [0.4, 0.5) is 0 Å². The first-order valence-electron chi connectivity index (χ1n) is 13.4. The number of guanidine groups is 1. The third-order valence-electron chi connectivity index (χ3n) is 7.79. The van der Waals surface area contributed by atoms with Crippen molar-refractivity contribution in [3.63, 3.8) is 0 Å². The third-order valence-corrected chi connectivity index (χ3v) is 8.62. The number of thiazole rings is 1. The normalized spacial score (nSPS) is 20.4. The predicted octanol–water partition coefficient (Wildman–Crippen LogP) is 5.37. The van der Waals surface area contributed by atoms with Gasteiger partial charge in [-0.05, 0) is 50.5 Å². The van der Waals surface area contributed by atoms with E-state index in [2.05, 4.69) is 10.3 Å². The van der Waals surface area contributed by atoms with Crippen molar-refractivity contribution in [2.75, 3.05) is 0 Å².